The highest BCUT2D eigenvalue weighted by Gasteiger charge is 2.32. The van der Waals surface area contributed by atoms with Crippen molar-refractivity contribution in [3.8, 4) is 5.75 Å². The van der Waals surface area contributed by atoms with Crippen LogP contribution in [0.5, 0.6) is 5.75 Å². The number of rotatable bonds is 7. The molecule has 1 saturated heterocycles. The summed E-state index contributed by atoms with van der Waals surface area (Å²) in [5.74, 6) is -0.449. The number of nitro benzene ring substituents is 1. The van der Waals surface area contributed by atoms with Gasteiger partial charge in [-0.05, 0) is 49.4 Å². The molecule has 2 aromatic rings. The number of piperidine rings is 1. The molecule has 0 unspecified atom stereocenters. The zero-order valence-corrected chi connectivity index (χ0v) is 18.7. The van der Waals surface area contributed by atoms with Gasteiger partial charge in [0.2, 0.25) is 15.9 Å². The van der Waals surface area contributed by atoms with Gasteiger partial charge in [-0.1, -0.05) is 0 Å². The normalized spacial score (nSPS) is 15.4. The van der Waals surface area contributed by atoms with Crippen LogP contribution in [0.3, 0.4) is 0 Å². The number of anilines is 1. The Morgan fingerprint density at radius 2 is 1.84 bits per heavy atom. The highest BCUT2D eigenvalue weighted by atomic mass is 32.2. The monoisotopic (exact) mass is 465 g/mol. The molecule has 31 heavy (non-hydrogen) atoms. The molecule has 1 fully saturated rings. The van der Waals surface area contributed by atoms with Crippen LogP contribution in [0.15, 0.2) is 52.3 Å². The highest BCUT2D eigenvalue weighted by molar-refractivity contribution is 7.98. The number of hydrogen-bond donors (Lipinski definition) is 1. The third-order valence-corrected chi connectivity index (χ3v) is 7.83. The minimum atomic E-state index is -3.61. The van der Waals surface area contributed by atoms with Crippen LogP contribution in [0.2, 0.25) is 0 Å². The highest BCUT2D eigenvalue weighted by Crippen LogP contribution is 2.31. The number of thioether (sulfide) groups is 1. The topological polar surface area (TPSA) is 119 Å². The molecule has 0 spiro atoms. The Balaban J connectivity index is 1.64. The molecular formula is C20H23N3O6S2. The number of nitrogens with one attached hydrogen (secondary N) is 1. The molecule has 1 aliphatic rings. The number of hydrogen-bond acceptors (Lipinski definition) is 7. The molecule has 1 amide bonds. The molecule has 1 aliphatic heterocycles. The van der Waals surface area contributed by atoms with Crippen molar-refractivity contribution in [2.45, 2.75) is 22.6 Å². The maximum absolute atomic E-state index is 12.9. The van der Waals surface area contributed by atoms with Crippen LogP contribution < -0.4 is 10.1 Å². The van der Waals surface area contributed by atoms with Crippen LogP contribution in [0.4, 0.5) is 11.4 Å². The lowest BCUT2D eigenvalue weighted by Crippen LogP contribution is -2.41. The van der Waals surface area contributed by atoms with Crippen molar-refractivity contribution in [3.63, 3.8) is 0 Å². The second kappa shape index (κ2) is 9.67. The molecular weight excluding hydrogens is 442 g/mol. The Morgan fingerprint density at radius 1 is 1.19 bits per heavy atom. The lowest BCUT2D eigenvalue weighted by atomic mass is 9.97. The molecule has 11 heteroatoms. The van der Waals surface area contributed by atoms with Gasteiger partial charge >= 0.3 is 0 Å². The van der Waals surface area contributed by atoms with Gasteiger partial charge in [0, 0.05) is 30.0 Å². The molecule has 3 rings (SSSR count). The Bertz CT molecular complexity index is 1060. The van der Waals surface area contributed by atoms with E-state index in [1.54, 1.807) is 24.3 Å². The van der Waals surface area contributed by atoms with Gasteiger partial charge in [0.05, 0.1) is 28.7 Å². The Morgan fingerprint density at radius 3 is 2.39 bits per heavy atom. The number of non-ortho nitro benzene ring substituents is 1. The quantitative estimate of drug-likeness (QED) is 0.378. The van der Waals surface area contributed by atoms with Crippen LogP contribution >= 0.6 is 11.8 Å². The number of nitrogens with zero attached hydrogens (tertiary/aromatic N) is 2. The number of carbonyl (C=O) groups is 1. The summed E-state index contributed by atoms with van der Waals surface area (Å²) in [6, 6.07) is 10.7. The molecule has 0 radical (unpaired) electrons. The summed E-state index contributed by atoms with van der Waals surface area (Å²) in [7, 11) is -2.25. The number of ether oxygens (including phenoxy) is 1. The zero-order valence-electron chi connectivity index (χ0n) is 17.1. The molecule has 0 aromatic heterocycles. The minimum Gasteiger partial charge on any atom is -0.494 e. The first-order valence-corrected chi connectivity index (χ1v) is 12.2. The Hall–Kier alpha value is -2.63. The maximum Gasteiger partial charge on any atom is 0.273 e. The molecule has 9 nitrogen and oxygen atoms in total. The van der Waals surface area contributed by atoms with Crippen LogP contribution in [-0.2, 0) is 14.8 Å². The molecule has 1 N–H and O–H groups in total. The van der Waals surface area contributed by atoms with Gasteiger partial charge in [-0.2, -0.15) is 4.31 Å². The van der Waals surface area contributed by atoms with Crippen molar-refractivity contribution in [2.24, 2.45) is 5.92 Å². The zero-order chi connectivity index (χ0) is 22.6. The summed E-state index contributed by atoms with van der Waals surface area (Å²) >= 11 is 1.54. The summed E-state index contributed by atoms with van der Waals surface area (Å²) in [6.07, 6.45) is 2.68. The SMILES string of the molecule is COc1cc([N+](=O)[O-])ccc1NC(=O)C1CCN(S(=O)(=O)c2ccc(SC)cc2)CC1. The van der Waals surface area contributed by atoms with Crippen LogP contribution in [0, 0.1) is 16.0 Å². The number of sulfonamides is 1. The lowest BCUT2D eigenvalue weighted by Gasteiger charge is -2.30. The molecule has 0 atom stereocenters. The van der Waals surface area contributed by atoms with Crippen molar-refractivity contribution in [1.82, 2.24) is 4.31 Å². The van der Waals surface area contributed by atoms with Gasteiger partial charge < -0.3 is 10.1 Å². The third kappa shape index (κ3) is 5.17. The van der Waals surface area contributed by atoms with E-state index in [4.69, 9.17) is 4.74 Å². The first-order valence-electron chi connectivity index (χ1n) is 9.53. The summed E-state index contributed by atoms with van der Waals surface area (Å²) in [4.78, 5) is 24.3. The third-order valence-electron chi connectivity index (χ3n) is 5.18. The van der Waals surface area contributed by atoms with E-state index < -0.39 is 14.9 Å². The number of carbonyl (C=O) groups excluding carboxylic acids is 1. The van der Waals surface area contributed by atoms with E-state index in [1.165, 1.54) is 41.4 Å². The van der Waals surface area contributed by atoms with E-state index in [2.05, 4.69) is 5.32 Å². The van der Waals surface area contributed by atoms with Gasteiger partial charge in [0.25, 0.3) is 5.69 Å². The van der Waals surface area contributed by atoms with E-state index in [-0.39, 0.29) is 41.2 Å². The summed E-state index contributed by atoms with van der Waals surface area (Å²) in [6.45, 7) is 0.476. The van der Waals surface area contributed by atoms with Gasteiger partial charge in [-0.15, -0.1) is 11.8 Å². The lowest BCUT2D eigenvalue weighted by molar-refractivity contribution is -0.384. The van der Waals surface area contributed by atoms with Crippen molar-refractivity contribution in [1.29, 1.82) is 0 Å². The fourth-order valence-corrected chi connectivity index (χ4v) is 5.26. The predicted octanol–water partition coefficient (Wildman–Crippen LogP) is 3.36. The van der Waals surface area contributed by atoms with Crippen LogP contribution in [0.25, 0.3) is 0 Å². The average molecular weight is 466 g/mol. The maximum atomic E-state index is 12.9. The van der Waals surface area contributed by atoms with E-state index in [0.717, 1.165) is 4.90 Å². The van der Waals surface area contributed by atoms with E-state index in [1.807, 2.05) is 6.26 Å². The number of methoxy groups -OCH3 is 1. The second-order valence-corrected chi connectivity index (χ2v) is 9.80. The standard InChI is InChI=1S/C20H23N3O6S2/c1-29-19-13-15(23(25)26)3-8-18(19)21-20(24)14-9-11-22(12-10-14)31(27,28)17-6-4-16(30-2)5-7-17/h3-8,13-14H,9-12H2,1-2H3,(H,21,24). The van der Waals surface area contributed by atoms with Gasteiger partial charge in [0.1, 0.15) is 5.75 Å². The molecule has 2 aromatic carbocycles. The van der Waals surface area contributed by atoms with Crippen molar-refractivity contribution < 1.29 is 22.9 Å². The molecule has 0 saturated carbocycles. The van der Waals surface area contributed by atoms with Crippen LogP contribution in [0.1, 0.15) is 12.8 Å². The molecule has 166 valence electrons. The van der Waals surface area contributed by atoms with Gasteiger partial charge in [-0.3, -0.25) is 14.9 Å². The van der Waals surface area contributed by atoms with E-state index >= 15 is 0 Å². The van der Waals surface area contributed by atoms with Crippen molar-refractivity contribution in [3.05, 3.63) is 52.6 Å². The number of nitro groups is 1. The largest absolute Gasteiger partial charge is 0.494 e. The second-order valence-electron chi connectivity index (χ2n) is 6.98. The van der Waals surface area contributed by atoms with E-state index in [9.17, 15) is 23.3 Å². The minimum absolute atomic E-state index is 0.140. The fourth-order valence-electron chi connectivity index (χ4n) is 3.39. The summed E-state index contributed by atoms with van der Waals surface area (Å²) in [5, 5.41) is 13.6. The Kier molecular flexibility index (Phi) is 7.19. The van der Waals surface area contributed by atoms with Gasteiger partial charge in [0.15, 0.2) is 0 Å². The predicted molar refractivity (Wildman–Crippen MR) is 118 cm³/mol. The first kappa shape index (κ1) is 23.0. The van der Waals surface area contributed by atoms with E-state index in [0.29, 0.717) is 18.5 Å². The number of benzene rings is 2. The summed E-state index contributed by atoms with van der Waals surface area (Å²) in [5.41, 5.74) is 0.195. The average Bonchev–Trinajstić information content (AvgIpc) is 2.79. The smallest absolute Gasteiger partial charge is 0.273 e. The van der Waals surface area contributed by atoms with Crippen molar-refractivity contribution >= 4 is 39.1 Å². The molecule has 0 aliphatic carbocycles. The molecule has 1 heterocycles. The fraction of sp³-hybridized carbons (Fsp3) is 0.350. The van der Waals surface area contributed by atoms with Crippen LogP contribution in [-0.4, -0.2) is 50.0 Å². The van der Waals surface area contributed by atoms with Gasteiger partial charge in [-0.25, -0.2) is 8.42 Å². The Labute approximate surface area is 185 Å². The summed E-state index contributed by atoms with van der Waals surface area (Å²) < 4.78 is 32.3. The first-order chi connectivity index (χ1) is 14.8. The van der Waals surface area contributed by atoms with Crippen molar-refractivity contribution in [2.75, 3.05) is 31.8 Å². The number of amides is 1. The molecule has 0 bridgehead atoms.